The lowest BCUT2D eigenvalue weighted by atomic mass is 10.2. The van der Waals surface area contributed by atoms with Crippen LogP contribution in [0.5, 0.6) is 5.75 Å². The Morgan fingerprint density at radius 3 is 2.93 bits per heavy atom. The second-order valence-electron chi connectivity index (χ2n) is 5.40. The van der Waals surface area contributed by atoms with Crippen LogP contribution >= 0.6 is 23.1 Å². The van der Waals surface area contributed by atoms with Gasteiger partial charge in [-0.15, -0.1) is 11.3 Å². The van der Waals surface area contributed by atoms with Crippen molar-refractivity contribution in [3.63, 3.8) is 0 Å². The summed E-state index contributed by atoms with van der Waals surface area (Å²) in [5.74, 6) is -0.514. The number of carboxylic acid groups (broad SMARTS) is 1. The van der Waals surface area contributed by atoms with E-state index in [9.17, 15) is 9.59 Å². The standard InChI is InChI=1S/C18H17N3O4S2/c1-2-21-16(24)14(27-18(21)20-17-19-8-10-26-17)11-12-5-3-4-6-13(12)25-9-7-15(22)23/h3-6,8,10-11H,2,7,9H2,1H3,(H,22,23)/b14-11+,20-18+. The molecule has 1 aliphatic heterocycles. The van der Waals surface area contributed by atoms with Crippen LogP contribution in [-0.2, 0) is 9.59 Å². The zero-order valence-electron chi connectivity index (χ0n) is 14.5. The first-order valence-electron chi connectivity index (χ1n) is 8.21. The second kappa shape index (κ2) is 8.83. The molecule has 1 aromatic heterocycles. The Morgan fingerprint density at radius 1 is 1.41 bits per heavy atom. The van der Waals surface area contributed by atoms with Crippen LogP contribution in [0.25, 0.3) is 6.08 Å². The minimum atomic E-state index is -0.922. The number of aliphatic carboxylic acids is 1. The number of carbonyl (C=O) groups is 2. The van der Waals surface area contributed by atoms with Gasteiger partial charge in [0.25, 0.3) is 5.91 Å². The number of aromatic nitrogens is 1. The number of thiazole rings is 1. The molecule has 27 heavy (non-hydrogen) atoms. The minimum absolute atomic E-state index is 0.0639. The molecule has 1 amide bonds. The lowest BCUT2D eigenvalue weighted by Gasteiger charge is -2.11. The fraction of sp³-hybridized carbons (Fsp3) is 0.222. The van der Waals surface area contributed by atoms with E-state index in [4.69, 9.17) is 9.84 Å². The quantitative estimate of drug-likeness (QED) is 0.710. The molecule has 0 aliphatic carbocycles. The predicted octanol–water partition coefficient (Wildman–Crippen LogP) is 3.62. The minimum Gasteiger partial charge on any atom is -0.492 e. The van der Waals surface area contributed by atoms with E-state index in [1.165, 1.54) is 23.1 Å². The molecule has 0 spiro atoms. The molecule has 7 nitrogen and oxygen atoms in total. The number of hydrogen-bond acceptors (Lipinski definition) is 7. The van der Waals surface area contributed by atoms with Crippen molar-refractivity contribution < 1.29 is 19.4 Å². The maximum atomic E-state index is 12.7. The van der Waals surface area contributed by atoms with Crippen LogP contribution in [0.2, 0.25) is 0 Å². The monoisotopic (exact) mass is 403 g/mol. The summed E-state index contributed by atoms with van der Waals surface area (Å²) >= 11 is 2.69. The number of thioether (sulfide) groups is 1. The first kappa shape index (κ1) is 19.1. The number of carbonyl (C=O) groups excluding carboxylic acids is 1. The third kappa shape index (κ3) is 4.75. The van der Waals surface area contributed by atoms with E-state index in [1.807, 2.05) is 24.4 Å². The van der Waals surface area contributed by atoms with Gasteiger partial charge >= 0.3 is 5.97 Å². The zero-order chi connectivity index (χ0) is 19.2. The van der Waals surface area contributed by atoms with Gasteiger partial charge in [-0.3, -0.25) is 14.5 Å². The molecule has 1 N–H and O–H groups in total. The summed E-state index contributed by atoms with van der Waals surface area (Å²) in [4.78, 5) is 34.1. The van der Waals surface area contributed by atoms with Crippen molar-refractivity contribution in [2.75, 3.05) is 13.2 Å². The summed E-state index contributed by atoms with van der Waals surface area (Å²) in [6, 6.07) is 7.21. The fourth-order valence-corrected chi connectivity index (χ4v) is 3.94. The number of nitrogens with zero attached hydrogens (tertiary/aromatic N) is 3. The molecule has 0 unspecified atom stereocenters. The number of benzene rings is 1. The molecule has 2 aromatic rings. The Bertz CT molecular complexity index is 894. The smallest absolute Gasteiger partial charge is 0.306 e. The Morgan fingerprint density at radius 2 is 2.22 bits per heavy atom. The highest BCUT2D eigenvalue weighted by Gasteiger charge is 2.32. The van der Waals surface area contributed by atoms with Gasteiger partial charge in [-0.1, -0.05) is 18.2 Å². The number of amidine groups is 1. The molecule has 1 fully saturated rings. The lowest BCUT2D eigenvalue weighted by Crippen LogP contribution is -2.28. The van der Waals surface area contributed by atoms with Crippen LogP contribution in [0.4, 0.5) is 5.13 Å². The Kier molecular flexibility index (Phi) is 6.25. The van der Waals surface area contributed by atoms with Gasteiger partial charge < -0.3 is 9.84 Å². The van der Waals surface area contributed by atoms with Gasteiger partial charge in [-0.2, -0.15) is 4.99 Å². The number of hydrogen-bond donors (Lipinski definition) is 1. The van der Waals surface area contributed by atoms with Crippen LogP contribution in [0, 0.1) is 0 Å². The first-order chi connectivity index (χ1) is 13.1. The molecular formula is C18H17N3O4S2. The van der Waals surface area contributed by atoms with Crippen molar-refractivity contribution in [3.05, 3.63) is 46.3 Å². The number of ether oxygens (including phenoxy) is 1. The number of likely N-dealkylation sites (N-methyl/N-ethyl adjacent to an activating group) is 1. The van der Waals surface area contributed by atoms with Gasteiger partial charge in [0, 0.05) is 23.7 Å². The molecule has 0 radical (unpaired) electrons. The third-order valence-electron chi connectivity index (χ3n) is 3.59. The Labute approximate surface area is 164 Å². The number of aliphatic imine (C=N–C) groups is 1. The highest BCUT2D eigenvalue weighted by molar-refractivity contribution is 8.18. The van der Waals surface area contributed by atoms with E-state index in [0.29, 0.717) is 33.1 Å². The SMILES string of the molecule is CCN1C(=O)/C(=C\c2ccccc2OCCC(=O)O)S/C1=N/c1nccs1. The third-order valence-corrected chi connectivity index (χ3v) is 5.27. The van der Waals surface area contributed by atoms with E-state index in [2.05, 4.69) is 9.98 Å². The van der Waals surface area contributed by atoms with Crippen molar-refractivity contribution in [2.45, 2.75) is 13.3 Å². The summed E-state index contributed by atoms with van der Waals surface area (Å²) in [5, 5.41) is 11.8. The normalized spacial score (nSPS) is 17.1. The Balaban J connectivity index is 1.85. The van der Waals surface area contributed by atoms with Crippen LogP contribution < -0.4 is 4.74 Å². The van der Waals surface area contributed by atoms with E-state index in [-0.39, 0.29) is 18.9 Å². The van der Waals surface area contributed by atoms with Gasteiger partial charge in [-0.25, -0.2) is 4.98 Å². The summed E-state index contributed by atoms with van der Waals surface area (Å²) < 4.78 is 5.56. The van der Waals surface area contributed by atoms with Crippen molar-refractivity contribution in [1.82, 2.24) is 9.88 Å². The molecule has 9 heteroatoms. The van der Waals surface area contributed by atoms with Crippen molar-refractivity contribution in [2.24, 2.45) is 4.99 Å². The molecule has 0 bridgehead atoms. The van der Waals surface area contributed by atoms with Gasteiger partial charge in [0.2, 0.25) is 5.13 Å². The van der Waals surface area contributed by atoms with Crippen LogP contribution in [0.1, 0.15) is 18.9 Å². The van der Waals surface area contributed by atoms with E-state index < -0.39 is 5.97 Å². The van der Waals surface area contributed by atoms with E-state index in [1.54, 1.807) is 29.3 Å². The number of rotatable bonds is 7. The zero-order valence-corrected chi connectivity index (χ0v) is 16.1. The molecule has 1 saturated heterocycles. The van der Waals surface area contributed by atoms with Crippen LogP contribution in [0.15, 0.2) is 45.7 Å². The van der Waals surface area contributed by atoms with E-state index >= 15 is 0 Å². The summed E-state index contributed by atoms with van der Waals surface area (Å²) in [6.45, 7) is 2.46. The highest BCUT2D eigenvalue weighted by Crippen LogP contribution is 2.35. The molecule has 3 rings (SSSR count). The van der Waals surface area contributed by atoms with Crippen molar-refractivity contribution in [1.29, 1.82) is 0 Å². The second-order valence-corrected chi connectivity index (χ2v) is 7.28. The number of para-hydroxylation sites is 1. The number of carboxylic acids is 1. The predicted molar refractivity (Wildman–Crippen MR) is 106 cm³/mol. The summed E-state index contributed by atoms with van der Waals surface area (Å²) in [6.07, 6.45) is 3.33. The van der Waals surface area contributed by atoms with Gasteiger partial charge in [0.05, 0.1) is 17.9 Å². The first-order valence-corrected chi connectivity index (χ1v) is 9.91. The van der Waals surface area contributed by atoms with Crippen LogP contribution in [0.3, 0.4) is 0 Å². The maximum Gasteiger partial charge on any atom is 0.306 e. The molecule has 1 aromatic carbocycles. The molecular weight excluding hydrogens is 386 g/mol. The summed E-state index contributed by atoms with van der Waals surface area (Å²) in [5.41, 5.74) is 0.713. The average Bonchev–Trinajstić information content (AvgIpc) is 3.25. The average molecular weight is 403 g/mol. The van der Waals surface area contributed by atoms with Crippen molar-refractivity contribution >= 4 is 51.4 Å². The Hall–Kier alpha value is -2.65. The van der Waals surface area contributed by atoms with Gasteiger partial charge in [-0.05, 0) is 30.8 Å². The molecule has 2 heterocycles. The molecule has 1 aliphatic rings. The maximum absolute atomic E-state index is 12.7. The topological polar surface area (TPSA) is 92.1 Å². The van der Waals surface area contributed by atoms with Crippen molar-refractivity contribution in [3.8, 4) is 5.75 Å². The van der Waals surface area contributed by atoms with Crippen LogP contribution in [-0.4, -0.2) is 45.2 Å². The molecule has 0 saturated carbocycles. The van der Waals surface area contributed by atoms with E-state index in [0.717, 1.165) is 0 Å². The largest absolute Gasteiger partial charge is 0.492 e. The van der Waals surface area contributed by atoms with Gasteiger partial charge in [0.1, 0.15) is 5.75 Å². The highest BCUT2D eigenvalue weighted by atomic mass is 32.2. The lowest BCUT2D eigenvalue weighted by molar-refractivity contribution is -0.137. The number of amides is 1. The van der Waals surface area contributed by atoms with Gasteiger partial charge in [0.15, 0.2) is 5.17 Å². The fourth-order valence-electron chi connectivity index (χ4n) is 2.34. The molecule has 140 valence electrons. The summed E-state index contributed by atoms with van der Waals surface area (Å²) in [7, 11) is 0. The molecule has 0 atom stereocenters.